The van der Waals surface area contributed by atoms with E-state index in [1.165, 1.54) is 23.1 Å². The highest BCUT2D eigenvalue weighted by atomic mass is 35.5. The van der Waals surface area contributed by atoms with E-state index in [0.717, 1.165) is 15.3 Å². The molecule has 1 N–H and O–H groups in total. The van der Waals surface area contributed by atoms with Gasteiger partial charge in [0, 0.05) is 16.0 Å². The molecule has 3 aromatic rings. The third-order valence-electron chi connectivity index (χ3n) is 2.79. The van der Waals surface area contributed by atoms with Gasteiger partial charge in [-0.15, -0.1) is 10.2 Å². The summed E-state index contributed by atoms with van der Waals surface area (Å²) in [7, 11) is 0. The molecule has 0 spiro atoms. The summed E-state index contributed by atoms with van der Waals surface area (Å²) >= 11 is 8.81. The molecular formula is C13H10ClN3O2S2. The summed E-state index contributed by atoms with van der Waals surface area (Å²) in [5.41, 5.74) is 1.50. The topological polar surface area (TPSA) is 68.0 Å². The minimum absolute atomic E-state index is 0.165. The number of furan rings is 1. The molecule has 1 amide bonds. The molecule has 2 aromatic heterocycles. The van der Waals surface area contributed by atoms with Crippen LogP contribution in [0, 0.1) is 0 Å². The largest absolute Gasteiger partial charge is 0.464 e. The van der Waals surface area contributed by atoms with Crippen molar-refractivity contribution < 1.29 is 9.21 Å². The summed E-state index contributed by atoms with van der Waals surface area (Å²) in [4.78, 5) is 12.1. The van der Waals surface area contributed by atoms with Gasteiger partial charge in [0.05, 0.1) is 12.7 Å². The van der Waals surface area contributed by atoms with Crippen LogP contribution in [0.5, 0.6) is 0 Å². The number of rotatable bonds is 4. The smallest absolute Gasteiger partial charge is 0.230 e. The van der Waals surface area contributed by atoms with Crippen LogP contribution in [0.15, 0.2) is 33.2 Å². The number of carbonyl (C=O) groups excluding carboxylic acids is 1. The van der Waals surface area contributed by atoms with Crippen molar-refractivity contribution in [3.8, 4) is 0 Å². The number of halogens is 1. The molecule has 0 bridgehead atoms. The second kappa shape index (κ2) is 6.05. The number of carbonyl (C=O) groups is 1. The van der Waals surface area contributed by atoms with E-state index in [1.807, 2.05) is 6.26 Å². The number of benzene rings is 1. The first-order valence-corrected chi connectivity index (χ1v) is 8.40. The lowest BCUT2D eigenvalue weighted by molar-refractivity contribution is -0.115. The molecule has 2 heterocycles. The van der Waals surface area contributed by atoms with Gasteiger partial charge in [-0.2, -0.15) is 0 Å². The number of hydrogen-bond donors (Lipinski definition) is 1. The molecule has 0 aliphatic heterocycles. The second-order valence-corrected chi connectivity index (χ2v) is 6.67. The van der Waals surface area contributed by atoms with Gasteiger partial charge in [-0.3, -0.25) is 4.79 Å². The van der Waals surface area contributed by atoms with Gasteiger partial charge in [0.25, 0.3) is 0 Å². The third kappa shape index (κ3) is 3.20. The fourth-order valence-corrected chi connectivity index (χ4v) is 3.23. The minimum Gasteiger partial charge on any atom is -0.464 e. The highest BCUT2D eigenvalue weighted by Crippen LogP contribution is 2.26. The summed E-state index contributed by atoms with van der Waals surface area (Å²) < 4.78 is 6.22. The summed E-state index contributed by atoms with van der Waals surface area (Å²) in [6.07, 6.45) is 3.68. The fourth-order valence-electron chi connectivity index (χ4n) is 1.87. The van der Waals surface area contributed by atoms with Crippen LogP contribution >= 0.6 is 34.7 Å². The lowest BCUT2D eigenvalue weighted by atomic mass is 10.1. The highest BCUT2D eigenvalue weighted by Gasteiger charge is 2.13. The van der Waals surface area contributed by atoms with Crippen LogP contribution in [0.2, 0.25) is 5.02 Å². The van der Waals surface area contributed by atoms with Gasteiger partial charge in [0.15, 0.2) is 4.34 Å². The Hall–Kier alpha value is -1.57. The Bertz CT molecular complexity index is 800. The zero-order valence-electron chi connectivity index (χ0n) is 10.9. The van der Waals surface area contributed by atoms with Gasteiger partial charge < -0.3 is 9.73 Å². The SMILES string of the molecule is CSc1nnc(NC(=O)Cc2coc3ccc(Cl)cc23)s1. The highest BCUT2D eigenvalue weighted by molar-refractivity contribution is 8.00. The van der Waals surface area contributed by atoms with Crippen molar-refractivity contribution >= 4 is 56.7 Å². The van der Waals surface area contributed by atoms with Crippen molar-refractivity contribution in [2.75, 3.05) is 11.6 Å². The van der Waals surface area contributed by atoms with E-state index in [4.69, 9.17) is 16.0 Å². The normalized spacial score (nSPS) is 11.0. The van der Waals surface area contributed by atoms with Gasteiger partial charge in [0.1, 0.15) is 5.58 Å². The Balaban J connectivity index is 1.75. The number of thioether (sulfide) groups is 1. The number of anilines is 1. The average molecular weight is 340 g/mol. The molecule has 0 saturated carbocycles. The van der Waals surface area contributed by atoms with E-state index < -0.39 is 0 Å². The van der Waals surface area contributed by atoms with Gasteiger partial charge in [-0.1, -0.05) is 34.7 Å². The Kier molecular flexibility index (Phi) is 4.14. The van der Waals surface area contributed by atoms with Crippen molar-refractivity contribution in [3.63, 3.8) is 0 Å². The van der Waals surface area contributed by atoms with Crippen LogP contribution < -0.4 is 5.32 Å². The summed E-state index contributed by atoms with van der Waals surface area (Å²) in [5, 5.41) is 12.5. The summed E-state index contributed by atoms with van der Waals surface area (Å²) in [6, 6.07) is 5.33. The predicted octanol–water partition coefficient (Wildman–Crippen LogP) is 3.84. The zero-order valence-corrected chi connectivity index (χ0v) is 13.3. The number of hydrogen-bond acceptors (Lipinski definition) is 6. The van der Waals surface area contributed by atoms with Crippen molar-refractivity contribution in [1.82, 2.24) is 10.2 Å². The lowest BCUT2D eigenvalue weighted by Gasteiger charge is -1.99. The molecule has 0 fully saturated rings. The number of aromatic nitrogens is 2. The van der Waals surface area contributed by atoms with E-state index in [-0.39, 0.29) is 12.3 Å². The van der Waals surface area contributed by atoms with E-state index >= 15 is 0 Å². The monoisotopic (exact) mass is 339 g/mol. The average Bonchev–Trinajstić information content (AvgIpc) is 3.06. The summed E-state index contributed by atoms with van der Waals surface area (Å²) in [5.74, 6) is -0.165. The second-order valence-electron chi connectivity index (χ2n) is 4.20. The minimum atomic E-state index is -0.165. The molecule has 0 saturated heterocycles. The molecular weight excluding hydrogens is 330 g/mol. The van der Waals surface area contributed by atoms with Crippen molar-refractivity contribution in [2.45, 2.75) is 10.8 Å². The maximum atomic E-state index is 12.1. The molecule has 0 aliphatic carbocycles. The number of nitrogens with one attached hydrogen (secondary N) is 1. The Morgan fingerprint density at radius 1 is 1.48 bits per heavy atom. The van der Waals surface area contributed by atoms with Crippen LogP contribution in [-0.4, -0.2) is 22.4 Å². The van der Waals surface area contributed by atoms with Crippen LogP contribution in [-0.2, 0) is 11.2 Å². The fraction of sp³-hybridized carbons (Fsp3) is 0.154. The molecule has 21 heavy (non-hydrogen) atoms. The Morgan fingerprint density at radius 3 is 3.10 bits per heavy atom. The van der Waals surface area contributed by atoms with Crippen molar-refractivity contribution in [2.24, 2.45) is 0 Å². The molecule has 1 aromatic carbocycles. The number of fused-ring (bicyclic) bond motifs is 1. The summed E-state index contributed by atoms with van der Waals surface area (Å²) in [6.45, 7) is 0. The first-order valence-electron chi connectivity index (χ1n) is 5.98. The van der Waals surface area contributed by atoms with Crippen LogP contribution in [0.25, 0.3) is 11.0 Å². The quantitative estimate of drug-likeness (QED) is 0.577. The van der Waals surface area contributed by atoms with E-state index in [2.05, 4.69) is 15.5 Å². The standard InChI is InChI=1S/C13H10ClN3O2S2/c1-20-13-17-16-12(21-13)15-11(18)4-7-6-19-10-3-2-8(14)5-9(7)10/h2-3,5-6H,4H2,1H3,(H,15,16,18). The number of nitrogens with zero attached hydrogens (tertiary/aromatic N) is 2. The van der Waals surface area contributed by atoms with E-state index in [0.29, 0.717) is 15.7 Å². The van der Waals surface area contributed by atoms with Gasteiger partial charge in [-0.05, 0) is 24.5 Å². The maximum Gasteiger partial charge on any atom is 0.230 e. The molecule has 108 valence electrons. The van der Waals surface area contributed by atoms with Crippen LogP contribution in [0.3, 0.4) is 0 Å². The van der Waals surface area contributed by atoms with E-state index in [9.17, 15) is 4.79 Å². The predicted molar refractivity (Wildman–Crippen MR) is 85.2 cm³/mol. The molecule has 0 atom stereocenters. The molecule has 8 heteroatoms. The van der Waals surface area contributed by atoms with Crippen LogP contribution in [0.1, 0.15) is 5.56 Å². The first kappa shape index (κ1) is 14.4. The Morgan fingerprint density at radius 2 is 2.33 bits per heavy atom. The first-order chi connectivity index (χ1) is 10.2. The zero-order chi connectivity index (χ0) is 14.8. The third-order valence-corrected chi connectivity index (χ3v) is 4.84. The van der Waals surface area contributed by atoms with Gasteiger partial charge in [0.2, 0.25) is 11.0 Å². The molecule has 0 unspecified atom stereocenters. The van der Waals surface area contributed by atoms with Crippen molar-refractivity contribution in [3.05, 3.63) is 35.0 Å². The van der Waals surface area contributed by atoms with Crippen molar-refractivity contribution in [1.29, 1.82) is 0 Å². The Labute approximate surface area is 133 Å². The molecule has 5 nitrogen and oxygen atoms in total. The molecule has 3 rings (SSSR count). The van der Waals surface area contributed by atoms with E-state index in [1.54, 1.807) is 24.5 Å². The maximum absolute atomic E-state index is 12.1. The van der Waals surface area contributed by atoms with Crippen LogP contribution in [0.4, 0.5) is 5.13 Å². The molecule has 0 aliphatic rings. The van der Waals surface area contributed by atoms with Gasteiger partial charge in [-0.25, -0.2) is 0 Å². The molecule has 0 radical (unpaired) electrons. The lowest BCUT2D eigenvalue weighted by Crippen LogP contribution is -2.13. The number of amides is 1. The van der Waals surface area contributed by atoms with Gasteiger partial charge >= 0.3 is 0 Å².